The van der Waals surface area contributed by atoms with Crippen molar-refractivity contribution < 1.29 is 9.90 Å². The predicted octanol–water partition coefficient (Wildman–Crippen LogP) is 2.90. The molecule has 1 atom stereocenters. The van der Waals surface area contributed by atoms with Gasteiger partial charge >= 0.3 is 5.97 Å². The molecule has 0 radical (unpaired) electrons. The average molecular weight is 239 g/mol. The summed E-state index contributed by atoms with van der Waals surface area (Å²) in [7, 11) is 0. The molecule has 0 bridgehead atoms. The van der Waals surface area contributed by atoms with E-state index >= 15 is 0 Å². The lowest BCUT2D eigenvalue weighted by atomic mass is 9.68. The molecule has 1 aliphatic carbocycles. The number of hydrogen-bond donors (Lipinski definition) is 1. The first kappa shape index (κ1) is 12.9. The van der Waals surface area contributed by atoms with Crippen molar-refractivity contribution in [2.24, 2.45) is 5.41 Å². The quantitative estimate of drug-likeness (QED) is 0.802. The molecule has 2 fully saturated rings. The molecule has 3 nitrogen and oxygen atoms in total. The Bertz CT molecular complexity index is 263. The maximum absolute atomic E-state index is 10.5. The molecule has 1 heterocycles. The van der Waals surface area contributed by atoms with Gasteiger partial charge in [0.2, 0.25) is 0 Å². The van der Waals surface area contributed by atoms with Crippen molar-refractivity contribution in [1.29, 1.82) is 0 Å². The highest BCUT2D eigenvalue weighted by Crippen LogP contribution is 2.44. The van der Waals surface area contributed by atoms with Crippen LogP contribution in [0.15, 0.2) is 0 Å². The summed E-state index contributed by atoms with van der Waals surface area (Å²) in [6.45, 7) is 4.78. The minimum absolute atomic E-state index is 0.323. The van der Waals surface area contributed by atoms with Gasteiger partial charge in [0.25, 0.3) is 0 Å². The van der Waals surface area contributed by atoms with Crippen molar-refractivity contribution >= 4 is 5.97 Å². The molecule has 0 aromatic rings. The van der Waals surface area contributed by atoms with Crippen LogP contribution in [0.2, 0.25) is 0 Å². The average Bonchev–Trinajstić information content (AvgIpc) is 2.26. The second-order valence-electron chi connectivity index (χ2n) is 6.10. The Morgan fingerprint density at radius 2 is 1.94 bits per heavy atom. The molecule has 1 aliphatic heterocycles. The number of carboxylic acid groups (broad SMARTS) is 1. The zero-order chi connectivity index (χ0) is 12.3. The van der Waals surface area contributed by atoms with Crippen LogP contribution in [-0.2, 0) is 4.79 Å². The number of rotatable bonds is 5. The zero-order valence-corrected chi connectivity index (χ0v) is 11.0. The van der Waals surface area contributed by atoms with E-state index < -0.39 is 5.97 Å². The molecule has 0 amide bonds. The SMILES string of the molecule is CC(CCCC(=O)O)N1CC2(CCCCC2)C1. The standard InChI is InChI=1S/C14H25NO2/c1-12(6-5-7-13(16)17)15-10-14(11-15)8-3-2-4-9-14/h12H,2-11H2,1H3,(H,16,17). The molecule has 1 spiro atoms. The predicted molar refractivity (Wildman–Crippen MR) is 68.0 cm³/mol. The zero-order valence-electron chi connectivity index (χ0n) is 11.0. The number of likely N-dealkylation sites (tertiary alicyclic amines) is 1. The van der Waals surface area contributed by atoms with Crippen LogP contribution in [0.3, 0.4) is 0 Å². The number of carbonyl (C=O) groups is 1. The number of hydrogen-bond acceptors (Lipinski definition) is 2. The summed E-state index contributed by atoms with van der Waals surface area (Å²) in [5.41, 5.74) is 0.652. The van der Waals surface area contributed by atoms with E-state index in [0.717, 1.165) is 12.8 Å². The van der Waals surface area contributed by atoms with Crippen LogP contribution in [-0.4, -0.2) is 35.1 Å². The second-order valence-corrected chi connectivity index (χ2v) is 6.10. The lowest BCUT2D eigenvalue weighted by Gasteiger charge is -2.55. The largest absolute Gasteiger partial charge is 0.481 e. The summed E-state index contributed by atoms with van der Waals surface area (Å²) in [6.07, 6.45) is 9.28. The van der Waals surface area contributed by atoms with Crippen LogP contribution in [0.5, 0.6) is 0 Å². The Morgan fingerprint density at radius 3 is 2.53 bits per heavy atom. The van der Waals surface area contributed by atoms with Crippen LogP contribution < -0.4 is 0 Å². The summed E-state index contributed by atoms with van der Waals surface area (Å²) < 4.78 is 0. The first-order chi connectivity index (χ1) is 8.11. The summed E-state index contributed by atoms with van der Waals surface area (Å²) in [5.74, 6) is -0.662. The lowest BCUT2D eigenvalue weighted by Crippen LogP contribution is -2.59. The third kappa shape index (κ3) is 3.21. The Kier molecular flexibility index (Phi) is 4.08. The minimum Gasteiger partial charge on any atom is -0.481 e. The van der Waals surface area contributed by atoms with Gasteiger partial charge in [-0.2, -0.15) is 0 Å². The number of carboxylic acids is 1. The minimum atomic E-state index is -0.662. The van der Waals surface area contributed by atoms with Gasteiger partial charge < -0.3 is 5.11 Å². The Labute approximate surface area is 104 Å². The molecule has 3 heteroatoms. The Balaban J connectivity index is 1.66. The van der Waals surface area contributed by atoms with Crippen LogP contribution in [0, 0.1) is 5.41 Å². The van der Waals surface area contributed by atoms with Crippen molar-refractivity contribution in [3.63, 3.8) is 0 Å². The van der Waals surface area contributed by atoms with E-state index in [4.69, 9.17) is 5.11 Å². The van der Waals surface area contributed by atoms with Crippen LogP contribution in [0.25, 0.3) is 0 Å². The van der Waals surface area contributed by atoms with Gasteiger partial charge in [0.05, 0.1) is 0 Å². The van der Waals surface area contributed by atoms with Gasteiger partial charge in [-0.05, 0) is 38.0 Å². The fraction of sp³-hybridized carbons (Fsp3) is 0.929. The van der Waals surface area contributed by atoms with Gasteiger partial charge in [-0.3, -0.25) is 9.69 Å². The molecule has 2 rings (SSSR count). The van der Waals surface area contributed by atoms with E-state index in [1.807, 2.05) is 0 Å². The third-order valence-electron chi connectivity index (χ3n) is 4.63. The molecule has 0 aromatic carbocycles. The molecule has 0 aromatic heterocycles. The van der Waals surface area contributed by atoms with Gasteiger partial charge in [-0.25, -0.2) is 0 Å². The summed E-state index contributed by atoms with van der Waals surface area (Å²) >= 11 is 0. The molecule has 1 saturated heterocycles. The van der Waals surface area contributed by atoms with E-state index in [1.54, 1.807) is 0 Å². The van der Waals surface area contributed by atoms with Crippen molar-refractivity contribution in [1.82, 2.24) is 4.90 Å². The first-order valence-electron chi connectivity index (χ1n) is 7.07. The Morgan fingerprint density at radius 1 is 1.29 bits per heavy atom. The van der Waals surface area contributed by atoms with Crippen molar-refractivity contribution in [2.75, 3.05) is 13.1 Å². The fourth-order valence-corrected chi connectivity index (χ4v) is 3.48. The molecule has 17 heavy (non-hydrogen) atoms. The monoisotopic (exact) mass is 239 g/mol. The smallest absolute Gasteiger partial charge is 0.303 e. The van der Waals surface area contributed by atoms with E-state index in [0.29, 0.717) is 17.9 Å². The fourth-order valence-electron chi connectivity index (χ4n) is 3.48. The summed E-state index contributed by atoms with van der Waals surface area (Å²) in [4.78, 5) is 13.0. The maximum Gasteiger partial charge on any atom is 0.303 e. The van der Waals surface area contributed by atoms with Crippen molar-refractivity contribution in [3.8, 4) is 0 Å². The van der Waals surface area contributed by atoms with Crippen LogP contribution >= 0.6 is 0 Å². The molecule has 1 unspecified atom stereocenters. The van der Waals surface area contributed by atoms with E-state index in [2.05, 4.69) is 11.8 Å². The summed E-state index contributed by atoms with van der Waals surface area (Å²) in [6, 6.07) is 0.571. The highest BCUT2D eigenvalue weighted by Gasteiger charge is 2.44. The van der Waals surface area contributed by atoms with Gasteiger partial charge in [-0.1, -0.05) is 19.3 Å². The third-order valence-corrected chi connectivity index (χ3v) is 4.63. The van der Waals surface area contributed by atoms with E-state index in [9.17, 15) is 4.79 Å². The highest BCUT2D eigenvalue weighted by molar-refractivity contribution is 5.66. The van der Waals surface area contributed by atoms with Gasteiger partial charge in [0.15, 0.2) is 0 Å². The molecule has 1 N–H and O–H groups in total. The topological polar surface area (TPSA) is 40.5 Å². The van der Waals surface area contributed by atoms with Gasteiger partial charge in [0.1, 0.15) is 0 Å². The van der Waals surface area contributed by atoms with Crippen molar-refractivity contribution in [2.45, 2.75) is 64.3 Å². The molecule has 98 valence electrons. The van der Waals surface area contributed by atoms with Crippen LogP contribution in [0.4, 0.5) is 0 Å². The van der Waals surface area contributed by atoms with Crippen LogP contribution in [0.1, 0.15) is 58.3 Å². The van der Waals surface area contributed by atoms with E-state index in [1.165, 1.54) is 45.2 Å². The van der Waals surface area contributed by atoms with Gasteiger partial charge in [0, 0.05) is 25.6 Å². The highest BCUT2D eigenvalue weighted by atomic mass is 16.4. The molecule has 2 aliphatic rings. The second kappa shape index (κ2) is 5.38. The number of nitrogens with zero attached hydrogens (tertiary/aromatic N) is 1. The maximum atomic E-state index is 10.5. The number of aliphatic carboxylic acids is 1. The normalized spacial score (nSPS) is 25.5. The Hall–Kier alpha value is -0.570. The first-order valence-corrected chi connectivity index (χ1v) is 7.07. The van der Waals surface area contributed by atoms with Gasteiger partial charge in [-0.15, -0.1) is 0 Å². The van der Waals surface area contributed by atoms with Crippen molar-refractivity contribution in [3.05, 3.63) is 0 Å². The molecular weight excluding hydrogens is 214 g/mol. The molecular formula is C14H25NO2. The van der Waals surface area contributed by atoms with E-state index in [-0.39, 0.29) is 0 Å². The molecule has 1 saturated carbocycles. The lowest BCUT2D eigenvalue weighted by molar-refractivity contribution is -0.137. The summed E-state index contributed by atoms with van der Waals surface area (Å²) in [5, 5.41) is 8.62.